The van der Waals surface area contributed by atoms with Gasteiger partial charge >= 0.3 is 0 Å². The van der Waals surface area contributed by atoms with E-state index in [0.717, 1.165) is 79.2 Å². The van der Waals surface area contributed by atoms with Gasteiger partial charge in [0.1, 0.15) is 17.2 Å². The molecule has 0 amide bonds. The van der Waals surface area contributed by atoms with Gasteiger partial charge in [-0.2, -0.15) is 5.26 Å². The minimum absolute atomic E-state index is 0.425. The third kappa shape index (κ3) is 5.09. The lowest BCUT2D eigenvalue weighted by molar-refractivity contribution is 0.673. The number of allylic oxidation sites excluding steroid dienone is 1. The molecule has 0 unspecified atom stereocenters. The zero-order valence-corrected chi connectivity index (χ0v) is 30.4. The van der Waals surface area contributed by atoms with Crippen LogP contribution in [0, 0.1) is 17.9 Å². The van der Waals surface area contributed by atoms with E-state index in [1.165, 1.54) is 11.1 Å². The van der Waals surface area contributed by atoms with Gasteiger partial charge in [-0.1, -0.05) is 78.9 Å². The maximum Gasteiger partial charge on any atom is 0.212 e. The third-order valence-electron chi connectivity index (χ3n) is 10.8. The predicted molar refractivity (Wildman–Crippen MR) is 229 cm³/mol. The molecule has 10 aromatic rings. The molecule has 56 heavy (non-hydrogen) atoms. The van der Waals surface area contributed by atoms with Crippen molar-refractivity contribution in [3.63, 3.8) is 0 Å². The van der Waals surface area contributed by atoms with Gasteiger partial charge in [-0.25, -0.2) is 4.85 Å². The van der Waals surface area contributed by atoms with Gasteiger partial charge in [0.05, 0.1) is 45.4 Å². The molecule has 0 aliphatic heterocycles. The highest BCUT2D eigenvalue weighted by Crippen LogP contribution is 2.46. The number of para-hydroxylation sites is 4. The van der Waals surface area contributed by atoms with Crippen molar-refractivity contribution in [1.82, 2.24) is 9.13 Å². The van der Waals surface area contributed by atoms with Gasteiger partial charge in [-0.3, -0.25) is 0 Å². The van der Waals surface area contributed by atoms with Crippen LogP contribution in [0.1, 0.15) is 17.7 Å². The fourth-order valence-corrected chi connectivity index (χ4v) is 8.31. The molecule has 0 atom stereocenters. The Morgan fingerprint density at radius 1 is 0.696 bits per heavy atom. The molecule has 0 bridgehead atoms. The average molecular weight is 720 g/mol. The smallest absolute Gasteiger partial charge is 0.212 e. The molecule has 6 heteroatoms. The Balaban J connectivity index is 1.28. The van der Waals surface area contributed by atoms with E-state index in [1.807, 2.05) is 102 Å². The first-order chi connectivity index (χ1) is 27.7. The standard InChI is InChI=1S/C50H33N5O/c1-3-4-16-37-28-33-15-11-13-22-43(33)54(37)38-24-26-44-41(30-38)49-45(27-25-40-39-21-12-14-23-48(39)56-50(40)49)55(44)46-31-42(52-2)47(29-34(46)32-51)53(35-17-7-5-8-18-35)36-19-9-6-10-20-36/h3,5-15,17-31H,1,4,16H2. The summed E-state index contributed by atoms with van der Waals surface area (Å²) < 4.78 is 11.2. The first-order valence-electron chi connectivity index (χ1n) is 18.6. The van der Waals surface area contributed by atoms with E-state index >= 15 is 0 Å². The summed E-state index contributed by atoms with van der Waals surface area (Å²) in [6.07, 6.45) is 3.68. The van der Waals surface area contributed by atoms with Gasteiger partial charge in [-0.15, -0.1) is 6.58 Å². The fourth-order valence-electron chi connectivity index (χ4n) is 8.31. The Bertz CT molecular complexity index is 3200. The van der Waals surface area contributed by atoms with E-state index < -0.39 is 0 Å². The number of nitrogens with zero attached hydrogens (tertiary/aromatic N) is 5. The summed E-state index contributed by atoms with van der Waals surface area (Å²) >= 11 is 0. The summed E-state index contributed by atoms with van der Waals surface area (Å²) in [4.78, 5) is 6.14. The Morgan fingerprint density at radius 3 is 2.16 bits per heavy atom. The molecule has 0 spiro atoms. The molecule has 3 aromatic heterocycles. The zero-order chi connectivity index (χ0) is 37.8. The van der Waals surface area contributed by atoms with Crippen LogP contribution in [0.25, 0.3) is 70.9 Å². The summed E-state index contributed by atoms with van der Waals surface area (Å²) in [5.74, 6) is 0. The van der Waals surface area contributed by atoms with Crippen molar-refractivity contribution in [2.45, 2.75) is 12.8 Å². The van der Waals surface area contributed by atoms with Crippen molar-refractivity contribution in [2.24, 2.45) is 0 Å². The molecule has 0 N–H and O–H groups in total. The minimum atomic E-state index is 0.425. The van der Waals surface area contributed by atoms with Gasteiger partial charge in [-0.05, 0) is 97.8 Å². The van der Waals surface area contributed by atoms with E-state index in [1.54, 1.807) is 0 Å². The lowest BCUT2D eigenvalue weighted by Crippen LogP contribution is -2.11. The Hall–Kier alpha value is -7.80. The second-order valence-electron chi connectivity index (χ2n) is 13.9. The molecule has 7 aromatic carbocycles. The molecule has 264 valence electrons. The Labute approximate surface area is 323 Å². The number of furan rings is 1. The molecular weight excluding hydrogens is 687 g/mol. The number of aryl methyl sites for hydroxylation is 1. The summed E-state index contributed by atoms with van der Waals surface area (Å²) in [5, 5.41) is 16.1. The molecular formula is C50H33N5O. The topological polar surface area (TPSA) is 54.4 Å². The average Bonchev–Trinajstić information content (AvgIpc) is 3.92. The predicted octanol–water partition coefficient (Wildman–Crippen LogP) is 13.6. The maximum atomic E-state index is 10.9. The molecule has 0 aliphatic rings. The van der Waals surface area contributed by atoms with Crippen LogP contribution in [0.3, 0.4) is 0 Å². The molecule has 6 nitrogen and oxygen atoms in total. The third-order valence-corrected chi connectivity index (χ3v) is 10.8. The van der Waals surface area contributed by atoms with Crippen molar-refractivity contribution < 1.29 is 4.42 Å². The number of hydrogen-bond acceptors (Lipinski definition) is 3. The van der Waals surface area contributed by atoms with E-state index in [0.29, 0.717) is 22.6 Å². The maximum absolute atomic E-state index is 10.9. The highest BCUT2D eigenvalue weighted by atomic mass is 16.3. The van der Waals surface area contributed by atoms with Crippen molar-refractivity contribution in [1.29, 1.82) is 5.26 Å². The molecule has 10 rings (SSSR count). The molecule has 0 saturated heterocycles. The van der Waals surface area contributed by atoms with Crippen LogP contribution in [0.2, 0.25) is 0 Å². The van der Waals surface area contributed by atoms with Crippen molar-refractivity contribution in [3.05, 3.63) is 193 Å². The van der Waals surface area contributed by atoms with E-state index in [-0.39, 0.29) is 0 Å². The molecule has 0 saturated carbocycles. The van der Waals surface area contributed by atoms with Gasteiger partial charge in [0.2, 0.25) is 5.69 Å². The van der Waals surface area contributed by atoms with Crippen LogP contribution < -0.4 is 4.90 Å². The first kappa shape index (κ1) is 32.8. The summed E-state index contributed by atoms with van der Waals surface area (Å²) in [6, 6.07) is 55.8. The zero-order valence-electron chi connectivity index (χ0n) is 30.4. The Kier molecular flexibility index (Phi) is 7.77. The van der Waals surface area contributed by atoms with Gasteiger partial charge < -0.3 is 18.5 Å². The second-order valence-corrected chi connectivity index (χ2v) is 13.9. The molecule has 0 aliphatic carbocycles. The number of hydrogen-bond donors (Lipinski definition) is 0. The van der Waals surface area contributed by atoms with Gasteiger partial charge in [0.15, 0.2) is 0 Å². The van der Waals surface area contributed by atoms with Crippen LogP contribution in [0.15, 0.2) is 175 Å². The second kappa shape index (κ2) is 13.2. The summed E-state index contributed by atoms with van der Waals surface area (Å²) in [7, 11) is 0. The largest absolute Gasteiger partial charge is 0.455 e. The highest BCUT2D eigenvalue weighted by Gasteiger charge is 2.24. The monoisotopic (exact) mass is 719 g/mol. The number of aromatic nitrogens is 2. The lowest BCUT2D eigenvalue weighted by atomic mass is 10.1. The molecule has 3 heterocycles. The number of benzene rings is 7. The van der Waals surface area contributed by atoms with E-state index in [4.69, 9.17) is 11.0 Å². The quantitative estimate of drug-likeness (QED) is 0.116. The van der Waals surface area contributed by atoms with Crippen molar-refractivity contribution in [2.75, 3.05) is 4.90 Å². The number of anilines is 3. The summed E-state index contributed by atoms with van der Waals surface area (Å²) in [5.41, 5.74) is 10.7. The minimum Gasteiger partial charge on any atom is -0.455 e. The van der Waals surface area contributed by atoms with Crippen LogP contribution in [0.5, 0.6) is 0 Å². The van der Waals surface area contributed by atoms with E-state index in [2.05, 4.69) is 93.4 Å². The van der Waals surface area contributed by atoms with Crippen LogP contribution in [0.4, 0.5) is 22.7 Å². The number of rotatable bonds is 8. The van der Waals surface area contributed by atoms with Gasteiger partial charge in [0.25, 0.3) is 0 Å². The molecule has 0 fully saturated rings. The van der Waals surface area contributed by atoms with Crippen LogP contribution in [-0.4, -0.2) is 9.13 Å². The normalized spacial score (nSPS) is 11.4. The number of nitriles is 1. The van der Waals surface area contributed by atoms with Crippen LogP contribution in [-0.2, 0) is 6.42 Å². The van der Waals surface area contributed by atoms with Crippen LogP contribution >= 0.6 is 0 Å². The SMILES string of the molecule is [C-]#[N+]c1cc(-n2c3ccc(-n4c(CCC=C)cc5ccccc54)cc3c3c4oc5ccccc5c4ccc32)c(C#N)cc1N(c1ccccc1)c1ccccc1. The molecule has 0 radical (unpaired) electrons. The van der Waals surface area contributed by atoms with Crippen molar-refractivity contribution in [3.8, 4) is 17.4 Å². The Morgan fingerprint density at radius 2 is 1.41 bits per heavy atom. The van der Waals surface area contributed by atoms with E-state index in [9.17, 15) is 5.26 Å². The van der Waals surface area contributed by atoms with Gasteiger partial charge in [0, 0.05) is 44.3 Å². The fraction of sp³-hybridized carbons (Fsp3) is 0.0400. The highest BCUT2D eigenvalue weighted by molar-refractivity contribution is 6.24. The van der Waals surface area contributed by atoms with Crippen molar-refractivity contribution >= 4 is 77.4 Å². The lowest BCUT2D eigenvalue weighted by Gasteiger charge is -2.27. The first-order valence-corrected chi connectivity index (χ1v) is 18.6. The number of fused-ring (bicyclic) bond motifs is 8. The summed E-state index contributed by atoms with van der Waals surface area (Å²) in [6.45, 7) is 12.5.